The van der Waals surface area contributed by atoms with Crippen LogP contribution in [0, 0.1) is 18.3 Å². The molecule has 0 saturated heterocycles. The van der Waals surface area contributed by atoms with Crippen LogP contribution in [0.25, 0.3) is 0 Å². The van der Waals surface area contributed by atoms with Gasteiger partial charge in [-0.2, -0.15) is 5.26 Å². The number of pyridine rings is 1. The van der Waals surface area contributed by atoms with Crippen molar-refractivity contribution in [3.8, 4) is 6.07 Å². The molecule has 0 aromatic carbocycles. The second kappa shape index (κ2) is 4.61. The maximum absolute atomic E-state index is 8.94. The standard InChI is InChI=1S/C11H15N3/c1-4-10-9(7-12)8(3)6-11(14-10)13-5-2/h6H,4-5H2,1-3H3,(H,13,14). The second-order valence-corrected chi connectivity index (χ2v) is 3.14. The molecule has 0 atom stereocenters. The topological polar surface area (TPSA) is 48.7 Å². The van der Waals surface area contributed by atoms with Crippen LogP contribution in [-0.4, -0.2) is 11.5 Å². The number of nitrogens with one attached hydrogen (secondary N) is 1. The Kier molecular flexibility index (Phi) is 3.47. The molecule has 0 unspecified atom stereocenters. The molecule has 14 heavy (non-hydrogen) atoms. The molecular formula is C11H15N3. The van der Waals surface area contributed by atoms with Crippen molar-refractivity contribution in [1.29, 1.82) is 5.26 Å². The zero-order chi connectivity index (χ0) is 10.6. The first kappa shape index (κ1) is 10.5. The van der Waals surface area contributed by atoms with E-state index in [9.17, 15) is 0 Å². The van der Waals surface area contributed by atoms with Crippen LogP contribution < -0.4 is 5.32 Å². The highest BCUT2D eigenvalue weighted by Crippen LogP contribution is 2.16. The number of rotatable bonds is 3. The van der Waals surface area contributed by atoms with Gasteiger partial charge in [-0.15, -0.1) is 0 Å². The van der Waals surface area contributed by atoms with Gasteiger partial charge in [-0.25, -0.2) is 4.98 Å². The summed E-state index contributed by atoms with van der Waals surface area (Å²) >= 11 is 0. The van der Waals surface area contributed by atoms with Gasteiger partial charge in [-0.3, -0.25) is 0 Å². The Morgan fingerprint density at radius 3 is 2.71 bits per heavy atom. The van der Waals surface area contributed by atoms with E-state index >= 15 is 0 Å². The molecule has 0 aliphatic rings. The summed E-state index contributed by atoms with van der Waals surface area (Å²) in [5, 5.41) is 12.1. The van der Waals surface area contributed by atoms with Gasteiger partial charge in [0, 0.05) is 6.54 Å². The summed E-state index contributed by atoms with van der Waals surface area (Å²) in [6.45, 7) is 6.83. The summed E-state index contributed by atoms with van der Waals surface area (Å²) in [5.74, 6) is 0.862. The smallest absolute Gasteiger partial charge is 0.126 e. The van der Waals surface area contributed by atoms with Crippen molar-refractivity contribution in [3.05, 3.63) is 22.9 Å². The van der Waals surface area contributed by atoms with Gasteiger partial charge in [-0.05, 0) is 31.9 Å². The Bertz CT molecular complexity index is 364. The first-order valence-corrected chi connectivity index (χ1v) is 4.87. The van der Waals surface area contributed by atoms with Crippen molar-refractivity contribution in [1.82, 2.24) is 4.98 Å². The van der Waals surface area contributed by atoms with Crippen LogP contribution in [0.1, 0.15) is 30.7 Å². The van der Waals surface area contributed by atoms with E-state index in [0.29, 0.717) is 5.56 Å². The number of hydrogen-bond donors (Lipinski definition) is 1. The quantitative estimate of drug-likeness (QED) is 0.793. The number of aromatic nitrogens is 1. The van der Waals surface area contributed by atoms with Gasteiger partial charge in [0.05, 0.1) is 11.3 Å². The SMILES string of the molecule is CCNc1cc(C)c(C#N)c(CC)n1. The summed E-state index contributed by atoms with van der Waals surface area (Å²) in [7, 11) is 0. The van der Waals surface area contributed by atoms with Crippen molar-refractivity contribution in [3.63, 3.8) is 0 Å². The van der Waals surface area contributed by atoms with Gasteiger partial charge in [0.1, 0.15) is 11.9 Å². The molecule has 0 aliphatic carbocycles. The highest BCUT2D eigenvalue weighted by molar-refractivity contribution is 5.49. The Morgan fingerprint density at radius 2 is 2.21 bits per heavy atom. The third-order valence-electron chi connectivity index (χ3n) is 2.10. The third-order valence-corrected chi connectivity index (χ3v) is 2.10. The number of aryl methyl sites for hydroxylation is 2. The Morgan fingerprint density at radius 1 is 1.50 bits per heavy atom. The number of nitriles is 1. The molecule has 0 bridgehead atoms. The third kappa shape index (κ3) is 2.02. The number of hydrogen-bond acceptors (Lipinski definition) is 3. The summed E-state index contributed by atoms with van der Waals surface area (Å²) in [5.41, 5.74) is 2.59. The van der Waals surface area contributed by atoms with Crippen molar-refractivity contribution < 1.29 is 0 Å². The fraction of sp³-hybridized carbons (Fsp3) is 0.455. The monoisotopic (exact) mass is 189 g/mol. The first-order valence-electron chi connectivity index (χ1n) is 4.87. The predicted octanol–water partition coefficient (Wildman–Crippen LogP) is 2.26. The average molecular weight is 189 g/mol. The van der Waals surface area contributed by atoms with Crippen LogP contribution in [0.15, 0.2) is 6.07 Å². The zero-order valence-electron chi connectivity index (χ0n) is 8.89. The van der Waals surface area contributed by atoms with E-state index in [1.807, 2.05) is 26.8 Å². The van der Waals surface area contributed by atoms with Gasteiger partial charge in [-0.1, -0.05) is 6.92 Å². The minimum atomic E-state index is 0.717. The van der Waals surface area contributed by atoms with Gasteiger partial charge in [0.2, 0.25) is 0 Å². The molecule has 3 heteroatoms. The van der Waals surface area contributed by atoms with Crippen molar-refractivity contribution >= 4 is 5.82 Å². The van der Waals surface area contributed by atoms with Crippen LogP contribution in [0.2, 0.25) is 0 Å². The average Bonchev–Trinajstić information content (AvgIpc) is 2.17. The van der Waals surface area contributed by atoms with Gasteiger partial charge in [0.15, 0.2) is 0 Å². The Balaban J connectivity index is 3.19. The highest BCUT2D eigenvalue weighted by atomic mass is 15.0. The van der Waals surface area contributed by atoms with E-state index in [1.54, 1.807) is 0 Å². The van der Waals surface area contributed by atoms with E-state index in [0.717, 1.165) is 30.0 Å². The minimum Gasteiger partial charge on any atom is -0.370 e. The summed E-state index contributed by atoms with van der Waals surface area (Å²) in [6.07, 6.45) is 0.795. The largest absolute Gasteiger partial charge is 0.370 e. The zero-order valence-corrected chi connectivity index (χ0v) is 8.89. The van der Waals surface area contributed by atoms with E-state index in [-0.39, 0.29) is 0 Å². The number of anilines is 1. The van der Waals surface area contributed by atoms with E-state index in [4.69, 9.17) is 5.26 Å². The van der Waals surface area contributed by atoms with E-state index < -0.39 is 0 Å². The highest BCUT2D eigenvalue weighted by Gasteiger charge is 2.07. The maximum Gasteiger partial charge on any atom is 0.126 e. The van der Waals surface area contributed by atoms with Gasteiger partial charge in [0.25, 0.3) is 0 Å². The molecule has 1 aromatic rings. The second-order valence-electron chi connectivity index (χ2n) is 3.14. The molecule has 0 amide bonds. The maximum atomic E-state index is 8.94. The number of nitrogens with zero attached hydrogens (tertiary/aromatic N) is 2. The Labute approximate surface area is 84.8 Å². The normalized spacial score (nSPS) is 9.57. The van der Waals surface area contributed by atoms with Crippen LogP contribution in [0.5, 0.6) is 0 Å². The molecule has 0 spiro atoms. The van der Waals surface area contributed by atoms with Crippen molar-refractivity contribution in [2.45, 2.75) is 27.2 Å². The first-order chi connectivity index (χ1) is 6.72. The Hall–Kier alpha value is -1.56. The lowest BCUT2D eigenvalue weighted by Gasteiger charge is -2.08. The fourth-order valence-electron chi connectivity index (χ4n) is 1.42. The predicted molar refractivity (Wildman–Crippen MR) is 57.2 cm³/mol. The fourth-order valence-corrected chi connectivity index (χ4v) is 1.42. The lowest BCUT2D eigenvalue weighted by Crippen LogP contribution is -2.04. The molecule has 0 saturated carbocycles. The van der Waals surface area contributed by atoms with Crippen LogP contribution in [-0.2, 0) is 6.42 Å². The van der Waals surface area contributed by atoms with Gasteiger partial charge >= 0.3 is 0 Å². The molecule has 1 rings (SSSR count). The van der Waals surface area contributed by atoms with Crippen LogP contribution in [0.3, 0.4) is 0 Å². The molecule has 1 heterocycles. The summed E-state index contributed by atoms with van der Waals surface area (Å²) in [4.78, 5) is 4.38. The minimum absolute atomic E-state index is 0.717. The lowest BCUT2D eigenvalue weighted by molar-refractivity contribution is 1.00. The molecule has 0 aliphatic heterocycles. The molecule has 74 valence electrons. The lowest BCUT2D eigenvalue weighted by atomic mass is 10.1. The summed E-state index contributed by atoms with van der Waals surface area (Å²) < 4.78 is 0. The molecule has 1 aromatic heterocycles. The van der Waals surface area contributed by atoms with Crippen molar-refractivity contribution in [2.24, 2.45) is 0 Å². The van der Waals surface area contributed by atoms with E-state index in [2.05, 4.69) is 16.4 Å². The molecule has 0 fully saturated rings. The van der Waals surface area contributed by atoms with Crippen molar-refractivity contribution in [2.75, 3.05) is 11.9 Å². The van der Waals surface area contributed by atoms with Crippen LogP contribution in [0.4, 0.5) is 5.82 Å². The van der Waals surface area contributed by atoms with E-state index in [1.165, 1.54) is 0 Å². The molecule has 0 radical (unpaired) electrons. The molecule has 3 nitrogen and oxygen atoms in total. The molecular weight excluding hydrogens is 174 g/mol. The van der Waals surface area contributed by atoms with Gasteiger partial charge < -0.3 is 5.32 Å². The molecule has 1 N–H and O–H groups in total. The van der Waals surface area contributed by atoms with Crippen LogP contribution >= 0.6 is 0 Å². The summed E-state index contributed by atoms with van der Waals surface area (Å²) in [6, 6.07) is 4.11.